The smallest absolute Gasteiger partial charge is 0.136 e. The number of rotatable bonds is 1. The summed E-state index contributed by atoms with van der Waals surface area (Å²) in [7, 11) is 0. The number of para-hydroxylation sites is 3. The summed E-state index contributed by atoms with van der Waals surface area (Å²) in [6, 6.07) is 40.6. The Labute approximate surface area is 185 Å². The van der Waals surface area contributed by atoms with Crippen molar-refractivity contribution < 1.29 is 4.74 Å². The quantitative estimate of drug-likeness (QED) is 0.266. The van der Waals surface area contributed by atoms with Gasteiger partial charge in [-0.15, -0.1) is 0 Å². The van der Waals surface area contributed by atoms with E-state index in [2.05, 4.69) is 114 Å². The van der Waals surface area contributed by atoms with Crippen molar-refractivity contribution in [2.24, 2.45) is 0 Å². The molecule has 0 bridgehead atoms. The third-order valence-electron chi connectivity index (χ3n) is 6.40. The fourth-order valence-electron chi connectivity index (χ4n) is 4.99. The van der Waals surface area contributed by atoms with E-state index in [-0.39, 0.29) is 0 Å². The van der Waals surface area contributed by atoms with Crippen LogP contribution in [0.4, 0.5) is 0 Å². The minimum Gasteiger partial charge on any atom is -0.456 e. The van der Waals surface area contributed by atoms with Crippen molar-refractivity contribution in [3.05, 3.63) is 115 Å². The zero-order valence-electron chi connectivity index (χ0n) is 17.3. The molecule has 32 heavy (non-hydrogen) atoms. The first-order valence-electron chi connectivity index (χ1n) is 10.9. The highest BCUT2D eigenvalue weighted by molar-refractivity contribution is 6.11. The Hall–Kier alpha value is -4.30. The van der Waals surface area contributed by atoms with Crippen LogP contribution in [0.25, 0.3) is 49.7 Å². The first-order chi connectivity index (χ1) is 15.9. The third-order valence-corrected chi connectivity index (χ3v) is 6.40. The van der Waals surface area contributed by atoms with Gasteiger partial charge in [0.25, 0.3) is 0 Å². The second-order valence-electron chi connectivity index (χ2n) is 8.20. The minimum atomic E-state index is 0.893. The largest absolute Gasteiger partial charge is 0.456 e. The van der Waals surface area contributed by atoms with Crippen LogP contribution in [0.3, 0.4) is 0 Å². The van der Waals surface area contributed by atoms with Gasteiger partial charge < -0.3 is 9.30 Å². The van der Waals surface area contributed by atoms with E-state index in [9.17, 15) is 0 Å². The van der Waals surface area contributed by atoms with E-state index in [0.29, 0.717) is 0 Å². The van der Waals surface area contributed by atoms with Crippen molar-refractivity contribution >= 4 is 21.8 Å². The average molecular weight is 409 g/mol. The summed E-state index contributed by atoms with van der Waals surface area (Å²) in [5, 5.41) is 2.42. The number of hydrogen-bond donors (Lipinski definition) is 0. The zero-order chi connectivity index (χ0) is 21.1. The van der Waals surface area contributed by atoms with Gasteiger partial charge in [-0.05, 0) is 47.5 Å². The van der Waals surface area contributed by atoms with Gasteiger partial charge in [-0.25, -0.2) is 0 Å². The topological polar surface area (TPSA) is 14.2 Å². The SMILES string of the molecule is c1ccc(-n2c3ccccc3c3cc4c(cc32)-c2ccccc2-c2ccccc2O4)cc1. The van der Waals surface area contributed by atoms with E-state index in [1.54, 1.807) is 0 Å². The molecule has 0 amide bonds. The maximum absolute atomic E-state index is 6.55. The Kier molecular flexibility index (Phi) is 3.58. The Balaban J connectivity index is 1.63. The molecule has 0 fully saturated rings. The lowest BCUT2D eigenvalue weighted by molar-refractivity contribution is 0.488. The molecular formula is C30H19NO. The van der Waals surface area contributed by atoms with Crippen molar-refractivity contribution in [2.45, 2.75) is 0 Å². The molecule has 2 heterocycles. The summed E-state index contributed by atoms with van der Waals surface area (Å²) < 4.78 is 8.90. The van der Waals surface area contributed by atoms with Crippen LogP contribution in [-0.4, -0.2) is 4.57 Å². The molecule has 1 aliphatic heterocycles. The van der Waals surface area contributed by atoms with Gasteiger partial charge >= 0.3 is 0 Å². The second-order valence-corrected chi connectivity index (χ2v) is 8.20. The minimum absolute atomic E-state index is 0.893. The van der Waals surface area contributed by atoms with E-state index in [1.165, 1.54) is 32.9 Å². The van der Waals surface area contributed by atoms with Crippen LogP contribution in [0.2, 0.25) is 0 Å². The maximum atomic E-state index is 6.55. The molecule has 2 heteroatoms. The Morgan fingerprint density at radius 1 is 0.438 bits per heavy atom. The van der Waals surface area contributed by atoms with Crippen molar-refractivity contribution in [1.82, 2.24) is 4.57 Å². The molecule has 2 nitrogen and oxygen atoms in total. The fraction of sp³-hybridized carbons (Fsp3) is 0. The van der Waals surface area contributed by atoms with Gasteiger partial charge in [0.2, 0.25) is 0 Å². The molecule has 0 aliphatic carbocycles. The number of hydrogen-bond acceptors (Lipinski definition) is 1. The van der Waals surface area contributed by atoms with Crippen molar-refractivity contribution in [3.63, 3.8) is 0 Å². The van der Waals surface area contributed by atoms with Gasteiger partial charge in [0.1, 0.15) is 11.5 Å². The number of fused-ring (bicyclic) bond motifs is 8. The summed E-state index contributed by atoms with van der Waals surface area (Å²) in [5.74, 6) is 1.79. The van der Waals surface area contributed by atoms with Crippen LogP contribution < -0.4 is 4.74 Å². The van der Waals surface area contributed by atoms with E-state index in [1.807, 2.05) is 6.07 Å². The van der Waals surface area contributed by atoms with Crippen LogP contribution >= 0.6 is 0 Å². The van der Waals surface area contributed by atoms with Crippen LogP contribution in [0.1, 0.15) is 0 Å². The Bertz CT molecular complexity index is 1640. The summed E-state index contributed by atoms with van der Waals surface area (Å²) in [4.78, 5) is 0. The molecule has 0 N–H and O–H groups in total. The van der Waals surface area contributed by atoms with Crippen molar-refractivity contribution in [3.8, 4) is 39.4 Å². The lowest BCUT2D eigenvalue weighted by atomic mass is 9.94. The van der Waals surface area contributed by atoms with Crippen LogP contribution in [0.5, 0.6) is 11.5 Å². The van der Waals surface area contributed by atoms with E-state index in [0.717, 1.165) is 28.3 Å². The molecule has 1 aromatic heterocycles. The van der Waals surface area contributed by atoms with Gasteiger partial charge in [-0.1, -0.05) is 78.9 Å². The lowest BCUT2D eigenvalue weighted by Gasteiger charge is -2.12. The molecule has 5 aromatic carbocycles. The average Bonchev–Trinajstić information content (AvgIpc) is 3.10. The van der Waals surface area contributed by atoms with Gasteiger partial charge in [0.15, 0.2) is 0 Å². The van der Waals surface area contributed by atoms with Crippen molar-refractivity contribution in [2.75, 3.05) is 0 Å². The molecule has 0 radical (unpaired) electrons. The first kappa shape index (κ1) is 17.4. The molecule has 7 rings (SSSR count). The van der Waals surface area contributed by atoms with Gasteiger partial charge in [-0.3, -0.25) is 0 Å². The molecule has 0 spiro atoms. The molecule has 150 valence electrons. The van der Waals surface area contributed by atoms with Gasteiger partial charge in [0, 0.05) is 27.6 Å². The Morgan fingerprint density at radius 3 is 1.94 bits per heavy atom. The van der Waals surface area contributed by atoms with E-state index >= 15 is 0 Å². The fourth-order valence-corrected chi connectivity index (χ4v) is 4.99. The molecule has 0 atom stereocenters. The summed E-state index contributed by atoms with van der Waals surface area (Å²) in [6.07, 6.45) is 0. The number of benzene rings is 5. The molecule has 1 aliphatic rings. The number of ether oxygens (including phenoxy) is 1. The normalized spacial score (nSPS) is 12.0. The van der Waals surface area contributed by atoms with Gasteiger partial charge in [-0.2, -0.15) is 0 Å². The highest BCUT2D eigenvalue weighted by Crippen LogP contribution is 2.48. The maximum Gasteiger partial charge on any atom is 0.136 e. The summed E-state index contributed by atoms with van der Waals surface area (Å²) in [5.41, 5.74) is 8.17. The molecule has 0 saturated heterocycles. The molecule has 6 aromatic rings. The number of nitrogens with zero attached hydrogens (tertiary/aromatic N) is 1. The van der Waals surface area contributed by atoms with Gasteiger partial charge in [0.05, 0.1) is 11.0 Å². The standard InChI is InChI=1S/C30H19NO/c1-2-10-20(11-3-1)31-27-16-8-6-14-23(27)25-19-30-26(18-28(25)31)22-13-5-4-12-21(22)24-15-7-9-17-29(24)32-30/h1-19H. The van der Waals surface area contributed by atoms with Crippen LogP contribution in [-0.2, 0) is 0 Å². The van der Waals surface area contributed by atoms with Crippen molar-refractivity contribution in [1.29, 1.82) is 0 Å². The molecular weight excluding hydrogens is 390 g/mol. The summed E-state index contributed by atoms with van der Waals surface area (Å²) >= 11 is 0. The van der Waals surface area contributed by atoms with E-state index < -0.39 is 0 Å². The Morgan fingerprint density at radius 2 is 1.09 bits per heavy atom. The third kappa shape index (κ3) is 2.41. The first-order valence-corrected chi connectivity index (χ1v) is 10.9. The lowest BCUT2D eigenvalue weighted by Crippen LogP contribution is -1.94. The predicted molar refractivity (Wildman–Crippen MR) is 132 cm³/mol. The zero-order valence-corrected chi connectivity index (χ0v) is 17.3. The highest BCUT2D eigenvalue weighted by atomic mass is 16.5. The molecule has 0 saturated carbocycles. The second kappa shape index (κ2) is 6.60. The highest BCUT2D eigenvalue weighted by Gasteiger charge is 2.23. The van der Waals surface area contributed by atoms with Crippen LogP contribution in [0.15, 0.2) is 115 Å². The van der Waals surface area contributed by atoms with Crippen LogP contribution in [0, 0.1) is 0 Å². The molecule has 0 unspecified atom stereocenters. The summed E-state index contributed by atoms with van der Waals surface area (Å²) in [6.45, 7) is 0. The van der Waals surface area contributed by atoms with E-state index in [4.69, 9.17) is 4.74 Å². The predicted octanol–water partition coefficient (Wildman–Crippen LogP) is 8.22. The monoisotopic (exact) mass is 409 g/mol. The number of aromatic nitrogens is 1.